The van der Waals surface area contributed by atoms with Gasteiger partial charge in [-0.05, 0) is 18.2 Å². The third kappa shape index (κ3) is 3.52. The first kappa shape index (κ1) is 21.6. The molecule has 0 unspecified atom stereocenters. The van der Waals surface area contributed by atoms with Crippen LogP contribution in [0.2, 0.25) is 5.02 Å². The molecular weight excluding hydrogens is 436 g/mol. The lowest BCUT2D eigenvalue weighted by atomic mass is 9.87. The lowest BCUT2D eigenvalue weighted by molar-refractivity contribution is -0.116. The van der Waals surface area contributed by atoms with Crippen LogP contribution in [0.1, 0.15) is 34.0 Å². The molecule has 166 valence electrons. The Morgan fingerprint density at radius 1 is 1.09 bits per heavy atom. The Kier molecular flexibility index (Phi) is 5.71. The number of benzene rings is 2. The number of rotatable bonds is 6. The number of hydrogen-bond acceptors (Lipinski definition) is 5. The van der Waals surface area contributed by atoms with Crippen molar-refractivity contribution in [3.63, 3.8) is 0 Å². The zero-order valence-electron chi connectivity index (χ0n) is 17.6. The van der Waals surface area contributed by atoms with Crippen molar-refractivity contribution in [3.8, 4) is 22.9 Å². The van der Waals surface area contributed by atoms with Gasteiger partial charge in [0.15, 0.2) is 11.5 Å². The van der Waals surface area contributed by atoms with Crippen molar-refractivity contribution >= 4 is 29.2 Å². The minimum atomic E-state index is -1.16. The number of carbonyl (C=O) groups excluding carboxylic acids is 1. The number of halogens is 1. The van der Waals surface area contributed by atoms with E-state index in [1.165, 1.54) is 27.5 Å². The maximum Gasteiger partial charge on any atom is 0.339 e. The number of aromatic nitrogens is 1. The summed E-state index contributed by atoms with van der Waals surface area (Å²) < 4.78 is 18.1. The number of nitrogens with one attached hydrogen (secondary N) is 1. The summed E-state index contributed by atoms with van der Waals surface area (Å²) in [4.78, 5) is 24.6. The topological polar surface area (TPSA) is 99.0 Å². The summed E-state index contributed by atoms with van der Waals surface area (Å²) in [5, 5.41) is 13.0. The SMILES string of the molecule is COc1cc(OC)c([C@@H]2CC(=O)Nc3c(C(=O)O)cn(-c4ccccc4Cl)c32)cc1OC. The van der Waals surface area contributed by atoms with Gasteiger partial charge in [-0.15, -0.1) is 0 Å². The number of ether oxygens (including phenoxy) is 3. The Morgan fingerprint density at radius 3 is 2.38 bits per heavy atom. The first-order valence-corrected chi connectivity index (χ1v) is 10.1. The smallest absolute Gasteiger partial charge is 0.339 e. The molecule has 0 aliphatic carbocycles. The van der Waals surface area contributed by atoms with Crippen LogP contribution in [0.15, 0.2) is 42.6 Å². The van der Waals surface area contributed by atoms with Gasteiger partial charge in [0, 0.05) is 30.2 Å². The van der Waals surface area contributed by atoms with Gasteiger partial charge < -0.3 is 29.2 Å². The number of nitrogens with zero attached hydrogens (tertiary/aromatic N) is 1. The molecule has 1 atom stereocenters. The molecule has 0 bridgehead atoms. The molecule has 1 aromatic heterocycles. The maximum atomic E-state index is 12.6. The Hall–Kier alpha value is -3.65. The molecule has 2 N–H and O–H groups in total. The van der Waals surface area contributed by atoms with Crippen LogP contribution >= 0.6 is 11.6 Å². The lowest BCUT2D eigenvalue weighted by Gasteiger charge is -2.28. The molecule has 2 heterocycles. The predicted molar refractivity (Wildman–Crippen MR) is 119 cm³/mol. The molecule has 4 rings (SSSR count). The van der Waals surface area contributed by atoms with Crippen molar-refractivity contribution in [2.45, 2.75) is 12.3 Å². The highest BCUT2D eigenvalue weighted by Crippen LogP contribution is 2.47. The molecule has 3 aromatic rings. The van der Waals surface area contributed by atoms with Crippen molar-refractivity contribution in [1.29, 1.82) is 0 Å². The molecule has 2 aromatic carbocycles. The van der Waals surface area contributed by atoms with E-state index in [-0.39, 0.29) is 23.6 Å². The first-order valence-electron chi connectivity index (χ1n) is 9.72. The van der Waals surface area contributed by atoms with Crippen LogP contribution < -0.4 is 19.5 Å². The summed E-state index contributed by atoms with van der Waals surface area (Å²) in [6.07, 6.45) is 1.55. The van der Waals surface area contributed by atoms with E-state index < -0.39 is 11.9 Å². The second kappa shape index (κ2) is 8.47. The maximum absolute atomic E-state index is 12.6. The number of aromatic carboxylic acids is 1. The second-order valence-corrected chi connectivity index (χ2v) is 7.59. The molecule has 0 saturated carbocycles. The molecule has 0 radical (unpaired) electrons. The van der Waals surface area contributed by atoms with Gasteiger partial charge in [0.2, 0.25) is 5.91 Å². The van der Waals surface area contributed by atoms with E-state index in [1.54, 1.807) is 41.0 Å². The van der Waals surface area contributed by atoms with E-state index in [4.69, 9.17) is 25.8 Å². The van der Waals surface area contributed by atoms with Gasteiger partial charge in [-0.3, -0.25) is 4.79 Å². The third-order valence-corrected chi connectivity index (χ3v) is 5.80. The van der Waals surface area contributed by atoms with E-state index in [9.17, 15) is 14.7 Å². The summed E-state index contributed by atoms with van der Waals surface area (Å²) in [7, 11) is 4.55. The van der Waals surface area contributed by atoms with Crippen molar-refractivity contribution < 1.29 is 28.9 Å². The minimum Gasteiger partial charge on any atom is -0.496 e. The number of methoxy groups -OCH3 is 3. The van der Waals surface area contributed by atoms with E-state index in [0.29, 0.717) is 39.2 Å². The van der Waals surface area contributed by atoms with Crippen LogP contribution in [0.4, 0.5) is 5.69 Å². The van der Waals surface area contributed by atoms with Gasteiger partial charge in [-0.25, -0.2) is 4.79 Å². The first-order chi connectivity index (χ1) is 15.4. The summed E-state index contributed by atoms with van der Waals surface area (Å²) in [6.45, 7) is 0. The van der Waals surface area contributed by atoms with Gasteiger partial charge in [0.05, 0.1) is 43.4 Å². The monoisotopic (exact) mass is 456 g/mol. The Bertz CT molecular complexity index is 1220. The predicted octanol–water partition coefficient (Wildman–Crippen LogP) is 4.33. The van der Waals surface area contributed by atoms with E-state index >= 15 is 0 Å². The molecule has 8 nitrogen and oxygen atoms in total. The van der Waals surface area contributed by atoms with Crippen molar-refractivity contribution in [2.75, 3.05) is 26.6 Å². The number of fused-ring (bicyclic) bond motifs is 1. The fourth-order valence-corrected chi connectivity index (χ4v) is 4.29. The van der Waals surface area contributed by atoms with Gasteiger partial charge >= 0.3 is 5.97 Å². The normalized spacial score (nSPS) is 15.0. The standard InChI is InChI=1S/C23H21ClN2O6/c1-30-17-10-19(32-3)18(31-2)8-12(17)13-9-20(27)25-21-14(23(28)29)11-26(22(13)21)16-7-5-4-6-15(16)24/h4-8,10-11,13H,9H2,1-3H3,(H,25,27)(H,28,29)/t13-/m0/s1. The molecular formula is C23H21ClN2O6. The highest BCUT2D eigenvalue weighted by Gasteiger charge is 2.36. The Labute approximate surface area is 189 Å². The highest BCUT2D eigenvalue weighted by atomic mass is 35.5. The fourth-order valence-electron chi connectivity index (χ4n) is 4.06. The van der Waals surface area contributed by atoms with Crippen molar-refractivity contribution in [2.24, 2.45) is 0 Å². The van der Waals surface area contributed by atoms with Crippen LogP contribution in [0.3, 0.4) is 0 Å². The van der Waals surface area contributed by atoms with Crippen LogP contribution in [0, 0.1) is 0 Å². The minimum absolute atomic E-state index is 0.0302. The van der Waals surface area contributed by atoms with Crippen molar-refractivity contribution in [1.82, 2.24) is 4.57 Å². The largest absolute Gasteiger partial charge is 0.496 e. The average Bonchev–Trinajstić information content (AvgIpc) is 3.17. The molecule has 32 heavy (non-hydrogen) atoms. The van der Waals surface area contributed by atoms with E-state index in [2.05, 4.69) is 5.32 Å². The number of anilines is 1. The molecule has 1 amide bonds. The van der Waals surface area contributed by atoms with Crippen LogP contribution in [0.25, 0.3) is 5.69 Å². The highest BCUT2D eigenvalue weighted by molar-refractivity contribution is 6.32. The number of carboxylic acids is 1. The molecule has 0 saturated heterocycles. The summed E-state index contributed by atoms with van der Waals surface area (Å²) in [5.74, 6) is -0.576. The summed E-state index contributed by atoms with van der Waals surface area (Å²) in [6, 6.07) is 10.5. The zero-order valence-corrected chi connectivity index (χ0v) is 18.4. The molecule has 0 fully saturated rings. The van der Waals surface area contributed by atoms with E-state index in [0.717, 1.165) is 0 Å². The third-order valence-electron chi connectivity index (χ3n) is 5.48. The molecule has 9 heteroatoms. The van der Waals surface area contributed by atoms with Gasteiger partial charge in [-0.2, -0.15) is 0 Å². The number of carbonyl (C=O) groups is 2. The van der Waals surface area contributed by atoms with Crippen LogP contribution in [0.5, 0.6) is 17.2 Å². The Morgan fingerprint density at radius 2 is 1.75 bits per heavy atom. The van der Waals surface area contributed by atoms with Crippen molar-refractivity contribution in [3.05, 3.63) is 64.4 Å². The fraction of sp³-hybridized carbons (Fsp3) is 0.217. The number of para-hydroxylation sites is 1. The van der Waals surface area contributed by atoms with Gasteiger partial charge in [0.1, 0.15) is 11.3 Å². The second-order valence-electron chi connectivity index (χ2n) is 7.18. The average molecular weight is 457 g/mol. The number of carboxylic acid groups (broad SMARTS) is 1. The van der Waals surface area contributed by atoms with E-state index in [1.807, 2.05) is 0 Å². The quantitative estimate of drug-likeness (QED) is 0.572. The Balaban J connectivity index is 2.02. The number of hydrogen-bond donors (Lipinski definition) is 2. The molecule has 0 spiro atoms. The summed E-state index contributed by atoms with van der Waals surface area (Å²) >= 11 is 6.44. The van der Waals surface area contributed by atoms with Gasteiger partial charge in [0.25, 0.3) is 0 Å². The van der Waals surface area contributed by atoms with Crippen LogP contribution in [-0.2, 0) is 4.79 Å². The molecule has 1 aliphatic rings. The van der Waals surface area contributed by atoms with Crippen LogP contribution in [-0.4, -0.2) is 42.9 Å². The zero-order chi connectivity index (χ0) is 23.0. The van der Waals surface area contributed by atoms with Gasteiger partial charge in [-0.1, -0.05) is 23.7 Å². The molecule has 1 aliphatic heterocycles. The summed E-state index contributed by atoms with van der Waals surface area (Å²) in [5.41, 5.74) is 2.04. The number of amides is 1. The lowest BCUT2D eigenvalue weighted by Crippen LogP contribution is -2.26.